The van der Waals surface area contributed by atoms with Gasteiger partial charge in [0.1, 0.15) is 0 Å². The minimum absolute atomic E-state index is 0.0170. The molecule has 6 nitrogen and oxygen atoms in total. The molecule has 0 radical (unpaired) electrons. The van der Waals surface area contributed by atoms with Crippen LogP contribution in [0.3, 0.4) is 0 Å². The van der Waals surface area contributed by atoms with E-state index in [-0.39, 0.29) is 11.6 Å². The highest BCUT2D eigenvalue weighted by molar-refractivity contribution is 6.01. The number of aromatic nitrogens is 1. The van der Waals surface area contributed by atoms with Gasteiger partial charge in [-0.25, -0.2) is 0 Å². The Kier molecular flexibility index (Phi) is 4.18. The summed E-state index contributed by atoms with van der Waals surface area (Å²) in [4.78, 5) is 25.5. The van der Waals surface area contributed by atoms with Crippen LogP contribution < -0.4 is 5.32 Å². The fourth-order valence-electron chi connectivity index (χ4n) is 1.50. The molecule has 0 fully saturated rings. The topological polar surface area (TPSA) is 85.1 Å². The van der Waals surface area contributed by atoms with Crippen molar-refractivity contribution in [2.24, 2.45) is 0 Å². The molecule has 1 aromatic carbocycles. The minimum atomic E-state index is -0.469. The largest absolute Gasteiger partial charge is 0.322 e. The lowest BCUT2D eigenvalue weighted by molar-refractivity contribution is -0.384. The molecular formula is C14H11N3O3. The van der Waals surface area contributed by atoms with E-state index in [0.717, 1.165) is 0 Å². The van der Waals surface area contributed by atoms with Crippen LogP contribution in [0.2, 0.25) is 0 Å². The molecular weight excluding hydrogens is 258 g/mol. The molecule has 0 saturated heterocycles. The Morgan fingerprint density at radius 1 is 1.15 bits per heavy atom. The van der Waals surface area contributed by atoms with E-state index in [1.807, 2.05) is 0 Å². The summed E-state index contributed by atoms with van der Waals surface area (Å²) in [6, 6.07) is 9.29. The Hall–Kier alpha value is -3.02. The van der Waals surface area contributed by atoms with Gasteiger partial charge in [0.25, 0.3) is 5.69 Å². The number of benzene rings is 1. The highest BCUT2D eigenvalue weighted by Crippen LogP contribution is 2.13. The van der Waals surface area contributed by atoms with Gasteiger partial charge < -0.3 is 5.32 Å². The molecule has 0 aliphatic heterocycles. The van der Waals surface area contributed by atoms with Crippen molar-refractivity contribution in [1.29, 1.82) is 0 Å². The number of carbonyl (C=O) groups is 1. The van der Waals surface area contributed by atoms with E-state index in [9.17, 15) is 14.9 Å². The number of hydrogen-bond acceptors (Lipinski definition) is 4. The molecule has 0 spiro atoms. The molecule has 0 aliphatic rings. The number of non-ortho nitro benzene ring substituents is 1. The Bertz CT molecular complexity index is 636. The molecule has 0 bridgehead atoms. The van der Waals surface area contributed by atoms with Gasteiger partial charge in [0.2, 0.25) is 5.91 Å². The van der Waals surface area contributed by atoms with Crippen LogP contribution >= 0.6 is 0 Å². The fraction of sp³-hybridized carbons (Fsp3) is 0. The second-order valence-electron chi connectivity index (χ2n) is 3.91. The highest BCUT2D eigenvalue weighted by Gasteiger charge is 2.02. The van der Waals surface area contributed by atoms with Crippen molar-refractivity contribution < 1.29 is 9.72 Å². The second kappa shape index (κ2) is 6.24. The summed E-state index contributed by atoms with van der Waals surface area (Å²) in [5, 5.41) is 13.2. The van der Waals surface area contributed by atoms with Crippen molar-refractivity contribution in [3.63, 3.8) is 0 Å². The average molecular weight is 269 g/mol. The van der Waals surface area contributed by atoms with Crippen LogP contribution in [-0.2, 0) is 4.79 Å². The van der Waals surface area contributed by atoms with Crippen LogP contribution in [0.5, 0.6) is 0 Å². The maximum atomic E-state index is 11.6. The first kappa shape index (κ1) is 13.4. The van der Waals surface area contributed by atoms with E-state index < -0.39 is 4.92 Å². The van der Waals surface area contributed by atoms with Crippen molar-refractivity contribution in [2.75, 3.05) is 5.32 Å². The van der Waals surface area contributed by atoms with Crippen molar-refractivity contribution >= 4 is 23.4 Å². The summed E-state index contributed by atoms with van der Waals surface area (Å²) < 4.78 is 0. The van der Waals surface area contributed by atoms with Gasteiger partial charge in [-0.2, -0.15) is 0 Å². The molecule has 2 aromatic rings. The molecule has 1 aromatic heterocycles. The van der Waals surface area contributed by atoms with Gasteiger partial charge in [0.15, 0.2) is 0 Å². The third-order valence-corrected chi connectivity index (χ3v) is 2.48. The summed E-state index contributed by atoms with van der Waals surface area (Å²) in [6.07, 6.45) is 6.10. The van der Waals surface area contributed by atoms with Gasteiger partial charge in [0, 0.05) is 36.3 Å². The molecule has 0 atom stereocenters. The number of rotatable bonds is 4. The Morgan fingerprint density at radius 2 is 1.80 bits per heavy atom. The van der Waals surface area contributed by atoms with Gasteiger partial charge in [-0.1, -0.05) is 0 Å². The van der Waals surface area contributed by atoms with Crippen LogP contribution in [0.4, 0.5) is 11.4 Å². The van der Waals surface area contributed by atoms with Crippen LogP contribution in [0.1, 0.15) is 5.56 Å². The molecule has 2 rings (SSSR count). The molecule has 20 heavy (non-hydrogen) atoms. The number of amides is 1. The molecule has 6 heteroatoms. The quantitative estimate of drug-likeness (QED) is 0.525. The van der Waals surface area contributed by atoms with E-state index in [1.54, 1.807) is 42.7 Å². The zero-order valence-electron chi connectivity index (χ0n) is 10.4. The Morgan fingerprint density at radius 3 is 2.40 bits per heavy atom. The SMILES string of the molecule is O=C(/C=C/c1ccc([N+](=O)[O-])cc1)Nc1ccncc1. The zero-order valence-corrected chi connectivity index (χ0v) is 10.4. The molecule has 1 amide bonds. The lowest BCUT2D eigenvalue weighted by atomic mass is 10.2. The van der Waals surface area contributed by atoms with Crippen molar-refractivity contribution in [3.05, 3.63) is 70.5 Å². The predicted octanol–water partition coefficient (Wildman–Crippen LogP) is 2.64. The lowest BCUT2D eigenvalue weighted by Gasteiger charge is -2.00. The summed E-state index contributed by atoms with van der Waals surface area (Å²) in [7, 11) is 0. The average Bonchev–Trinajstić information content (AvgIpc) is 2.46. The number of carbonyl (C=O) groups excluding carboxylic acids is 1. The third-order valence-electron chi connectivity index (χ3n) is 2.48. The molecule has 1 heterocycles. The van der Waals surface area contributed by atoms with Gasteiger partial charge in [-0.15, -0.1) is 0 Å². The first-order valence-corrected chi connectivity index (χ1v) is 5.79. The summed E-state index contributed by atoms with van der Waals surface area (Å²) >= 11 is 0. The number of pyridine rings is 1. The number of nitrogens with zero attached hydrogens (tertiary/aromatic N) is 2. The van der Waals surface area contributed by atoms with Crippen LogP contribution in [0.25, 0.3) is 6.08 Å². The first-order valence-electron chi connectivity index (χ1n) is 5.79. The number of hydrogen-bond donors (Lipinski definition) is 1. The monoisotopic (exact) mass is 269 g/mol. The first-order chi connectivity index (χ1) is 9.65. The van der Waals surface area contributed by atoms with Gasteiger partial charge in [0.05, 0.1) is 4.92 Å². The molecule has 0 unspecified atom stereocenters. The third kappa shape index (κ3) is 3.74. The van der Waals surface area contributed by atoms with Gasteiger partial charge in [-0.05, 0) is 35.9 Å². The van der Waals surface area contributed by atoms with Crippen molar-refractivity contribution in [1.82, 2.24) is 4.98 Å². The van der Waals surface area contributed by atoms with E-state index in [0.29, 0.717) is 11.3 Å². The summed E-state index contributed by atoms with van der Waals surface area (Å²) in [5.74, 6) is -0.283. The smallest absolute Gasteiger partial charge is 0.269 e. The Labute approximate surface area is 114 Å². The number of nitro groups is 1. The molecule has 100 valence electrons. The Balaban J connectivity index is 1.98. The fourth-order valence-corrected chi connectivity index (χ4v) is 1.50. The van der Waals surface area contributed by atoms with E-state index in [2.05, 4.69) is 10.3 Å². The van der Waals surface area contributed by atoms with Crippen molar-refractivity contribution in [2.45, 2.75) is 0 Å². The van der Waals surface area contributed by atoms with Crippen LogP contribution in [-0.4, -0.2) is 15.8 Å². The van der Waals surface area contributed by atoms with Gasteiger partial charge in [-0.3, -0.25) is 19.9 Å². The standard InChI is InChI=1S/C14H11N3O3/c18-14(16-12-7-9-15-10-8-12)6-3-11-1-4-13(5-2-11)17(19)20/h1-10H,(H,15,16,18)/b6-3+. The number of anilines is 1. The van der Waals surface area contributed by atoms with E-state index in [1.165, 1.54) is 18.2 Å². The van der Waals surface area contributed by atoms with E-state index >= 15 is 0 Å². The zero-order chi connectivity index (χ0) is 14.4. The molecule has 1 N–H and O–H groups in total. The van der Waals surface area contributed by atoms with E-state index in [4.69, 9.17) is 0 Å². The summed E-state index contributed by atoms with van der Waals surface area (Å²) in [5.41, 5.74) is 1.38. The predicted molar refractivity (Wildman–Crippen MR) is 75.0 cm³/mol. The van der Waals surface area contributed by atoms with Gasteiger partial charge >= 0.3 is 0 Å². The van der Waals surface area contributed by atoms with Crippen molar-refractivity contribution in [3.8, 4) is 0 Å². The number of nitro benzene ring substituents is 1. The minimum Gasteiger partial charge on any atom is -0.322 e. The highest BCUT2D eigenvalue weighted by atomic mass is 16.6. The second-order valence-corrected chi connectivity index (χ2v) is 3.91. The normalized spacial score (nSPS) is 10.4. The maximum Gasteiger partial charge on any atom is 0.269 e. The molecule has 0 aliphatic carbocycles. The van der Waals surface area contributed by atoms with Crippen LogP contribution in [0, 0.1) is 10.1 Å². The summed E-state index contributed by atoms with van der Waals surface area (Å²) in [6.45, 7) is 0. The molecule has 0 saturated carbocycles. The van der Waals surface area contributed by atoms with Crippen LogP contribution in [0.15, 0.2) is 54.9 Å². The number of nitrogens with one attached hydrogen (secondary N) is 1. The lowest BCUT2D eigenvalue weighted by Crippen LogP contribution is -2.07. The maximum absolute atomic E-state index is 11.6.